The van der Waals surface area contributed by atoms with Crippen molar-refractivity contribution < 1.29 is 9.50 Å². The van der Waals surface area contributed by atoms with Crippen LogP contribution < -0.4 is 4.90 Å². The number of benzene rings is 1. The first kappa shape index (κ1) is 14.7. The molecule has 1 aliphatic rings. The van der Waals surface area contributed by atoms with E-state index in [9.17, 15) is 14.8 Å². The maximum Gasteiger partial charge on any atom is 0.169 e. The van der Waals surface area contributed by atoms with Crippen LogP contribution in [0.2, 0.25) is 0 Å². The number of imidazole rings is 1. The van der Waals surface area contributed by atoms with E-state index in [0.717, 1.165) is 0 Å². The fourth-order valence-corrected chi connectivity index (χ4v) is 3.28. The smallest absolute Gasteiger partial charge is 0.169 e. The topological polar surface area (TPSA) is 64.6 Å². The van der Waals surface area contributed by atoms with Gasteiger partial charge in [0.05, 0.1) is 6.54 Å². The van der Waals surface area contributed by atoms with Crippen molar-refractivity contribution in [2.24, 2.45) is 0 Å². The molecule has 1 unspecified atom stereocenters. The van der Waals surface area contributed by atoms with Crippen molar-refractivity contribution >= 4 is 11.5 Å². The lowest BCUT2D eigenvalue weighted by Crippen LogP contribution is -2.31. The number of β-amino-alcohol motifs (C(OH)–C–C–N with tert-alkyl or cyclic N) is 1. The Morgan fingerprint density at radius 1 is 1.21 bits per heavy atom. The Balaban J connectivity index is 1.70. The standard InChI is InChI=1S/C18H15FN4O/c19-14-6-4-13(5-7-14)18(24)8-10-22(12-18)17-15(11-20)23-9-2-1-3-16(23)21-17/h1-7,9,24H,8,10,12H2. The van der Waals surface area contributed by atoms with Gasteiger partial charge in [-0.15, -0.1) is 0 Å². The van der Waals surface area contributed by atoms with Crippen molar-refractivity contribution in [1.82, 2.24) is 9.38 Å². The third-order valence-electron chi connectivity index (χ3n) is 4.55. The van der Waals surface area contributed by atoms with Crippen LogP contribution in [-0.2, 0) is 5.60 Å². The van der Waals surface area contributed by atoms with Gasteiger partial charge in [-0.25, -0.2) is 9.37 Å². The summed E-state index contributed by atoms with van der Waals surface area (Å²) in [4.78, 5) is 6.45. The summed E-state index contributed by atoms with van der Waals surface area (Å²) in [5.41, 5.74) is 0.750. The van der Waals surface area contributed by atoms with E-state index >= 15 is 0 Å². The van der Waals surface area contributed by atoms with E-state index in [-0.39, 0.29) is 5.82 Å². The van der Waals surface area contributed by atoms with E-state index in [4.69, 9.17) is 0 Å². The minimum Gasteiger partial charge on any atom is -0.383 e. The second kappa shape index (κ2) is 5.32. The molecule has 0 radical (unpaired) electrons. The van der Waals surface area contributed by atoms with Crippen LogP contribution in [0.25, 0.3) is 5.65 Å². The molecule has 1 N–H and O–H groups in total. The highest BCUT2D eigenvalue weighted by Gasteiger charge is 2.39. The number of pyridine rings is 1. The van der Waals surface area contributed by atoms with Crippen LogP contribution in [0.4, 0.5) is 10.2 Å². The summed E-state index contributed by atoms with van der Waals surface area (Å²) in [6.07, 6.45) is 2.30. The molecule has 0 amide bonds. The maximum atomic E-state index is 13.1. The number of rotatable bonds is 2. The first-order chi connectivity index (χ1) is 11.6. The Labute approximate surface area is 138 Å². The van der Waals surface area contributed by atoms with Crippen molar-refractivity contribution in [3.63, 3.8) is 0 Å². The van der Waals surface area contributed by atoms with Gasteiger partial charge in [0, 0.05) is 12.7 Å². The lowest BCUT2D eigenvalue weighted by Gasteiger charge is -2.24. The van der Waals surface area contributed by atoms with Gasteiger partial charge in [0.25, 0.3) is 0 Å². The van der Waals surface area contributed by atoms with Crippen LogP contribution in [0, 0.1) is 17.1 Å². The van der Waals surface area contributed by atoms with Gasteiger partial charge in [0.1, 0.15) is 23.1 Å². The maximum absolute atomic E-state index is 13.1. The lowest BCUT2D eigenvalue weighted by atomic mass is 9.93. The normalized spacial score (nSPS) is 20.5. The van der Waals surface area contributed by atoms with E-state index in [0.29, 0.717) is 42.2 Å². The number of fused-ring (bicyclic) bond motifs is 1. The van der Waals surface area contributed by atoms with Gasteiger partial charge in [0.15, 0.2) is 11.5 Å². The molecule has 3 aromatic rings. The summed E-state index contributed by atoms with van der Waals surface area (Å²) < 4.78 is 14.9. The number of anilines is 1. The van der Waals surface area contributed by atoms with Gasteiger partial charge in [-0.1, -0.05) is 18.2 Å². The molecule has 2 aromatic heterocycles. The van der Waals surface area contributed by atoms with E-state index in [2.05, 4.69) is 11.1 Å². The molecule has 0 bridgehead atoms. The molecule has 1 saturated heterocycles. The fourth-order valence-electron chi connectivity index (χ4n) is 3.28. The first-order valence-corrected chi connectivity index (χ1v) is 7.71. The molecule has 1 aliphatic heterocycles. The zero-order valence-electron chi connectivity index (χ0n) is 12.9. The summed E-state index contributed by atoms with van der Waals surface area (Å²) in [6.45, 7) is 0.892. The minimum absolute atomic E-state index is 0.317. The van der Waals surface area contributed by atoms with Crippen molar-refractivity contribution in [3.05, 3.63) is 65.7 Å². The summed E-state index contributed by atoms with van der Waals surface area (Å²) in [7, 11) is 0. The Morgan fingerprint density at radius 2 is 2.00 bits per heavy atom. The number of aliphatic hydroxyl groups is 1. The Kier molecular flexibility index (Phi) is 3.25. The molecule has 0 saturated carbocycles. The number of aromatic nitrogens is 2. The summed E-state index contributed by atoms with van der Waals surface area (Å²) in [6, 6.07) is 13.7. The van der Waals surface area contributed by atoms with Crippen molar-refractivity contribution in [2.45, 2.75) is 12.0 Å². The van der Waals surface area contributed by atoms with Crippen LogP contribution >= 0.6 is 0 Å². The van der Waals surface area contributed by atoms with Crippen LogP contribution in [0.15, 0.2) is 48.7 Å². The predicted octanol–water partition coefficient (Wildman–Crippen LogP) is 2.44. The van der Waals surface area contributed by atoms with Crippen LogP contribution in [0.5, 0.6) is 0 Å². The number of nitrogens with zero attached hydrogens (tertiary/aromatic N) is 4. The summed E-state index contributed by atoms with van der Waals surface area (Å²) in [5.74, 6) is 0.242. The van der Waals surface area contributed by atoms with Crippen LogP contribution in [0.3, 0.4) is 0 Å². The zero-order valence-corrected chi connectivity index (χ0v) is 12.9. The van der Waals surface area contributed by atoms with E-state index in [1.54, 1.807) is 22.7 Å². The van der Waals surface area contributed by atoms with Crippen molar-refractivity contribution in [2.75, 3.05) is 18.0 Å². The highest BCUT2D eigenvalue weighted by molar-refractivity contribution is 5.61. The van der Waals surface area contributed by atoms with Crippen molar-refractivity contribution in [1.29, 1.82) is 5.26 Å². The molecule has 0 spiro atoms. The number of halogens is 1. The first-order valence-electron chi connectivity index (χ1n) is 7.71. The van der Waals surface area contributed by atoms with Gasteiger partial charge < -0.3 is 10.0 Å². The minimum atomic E-state index is -1.07. The van der Waals surface area contributed by atoms with Gasteiger partial charge in [-0.2, -0.15) is 5.26 Å². The van der Waals surface area contributed by atoms with E-state index < -0.39 is 5.60 Å². The quantitative estimate of drug-likeness (QED) is 0.787. The van der Waals surface area contributed by atoms with Gasteiger partial charge in [-0.05, 0) is 36.2 Å². The lowest BCUT2D eigenvalue weighted by molar-refractivity contribution is 0.0606. The number of hydrogen-bond acceptors (Lipinski definition) is 4. The second-order valence-electron chi connectivity index (χ2n) is 6.03. The number of hydrogen-bond donors (Lipinski definition) is 1. The predicted molar refractivity (Wildman–Crippen MR) is 87.0 cm³/mol. The molecule has 4 rings (SSSR count). The van der Waals surface area contributed by atoms with Crippen molar-refractivity contribution in [3.8, 4) is 6.07 Å². The second-order valence-corrected chi connectivity index (χ2v) is 6.03. The van der Waals surface area contributed by atoms with E-state index in [1.807, 2.05) is 23.1 Å². The average molecular weight is 322 g/mol. The van der Waals surface area contributed by atoms with E-state index in [1.165, 1.54) is 12.1 Å². The highest BCUT2D eigenvalue weighted by Crippen LogP contribution is 2.35. The Bertz CT molecular complexity index is 944. The summed E-state index contributed by atoms with van der Waals surface area (Å²) in [5, 5.41) is 20.4. The summed E-state index contributed by atoms with van der Waals surface area (Å²) >= 11 is 0. The molecule has 1 aromatic carbocycles. The monoisotopic (exact) mass is 322 g/mol. The molecule has 5 nitrogen and oxygen atoms in total. The number of nitriles is 1. The molecule has 1 atom stereocenters. The molecule has 6 heteroatoms. The van der Waals surface area contributed by atoms with Gasteiger partial charge in [0.2, 0.25) is 0 Å². The molecular formula is C18H15FN4O. The Morgan fingerprint density at radius 3 is 2.75 bits per heavy atom. The van der Waals surface area contributed by atoms with Gasteiger partial charge >= 0.3 is 0 Å². The average Bonchev–Trinajstić information content (AvgIpc) is 3.16. The Hall–Kier alpha value is -2.91. The molecular weight excluding hydrogens is 307 g/mol. The zero-order chi connectivity index (χ0) is 16.7. The molecule has 0 aliphatic carbocycles. The fraction of sp³-hybridized carbons (Fsp3) is 0.222. The molecule has 24 heavy (non-hydrogen) atoms. The van der Waals surface area contributed by atoms with Crippen LogP contribution in [-0.4, -0.2) is 27.6 Å². The van der Waals surface area contributed by atoms with Gasteiger partial charge in [-0.3, -0.25) is 4.40 Å². The molecule has 3 heterocycles. The highest BCUT2D eigenvalue weighted by atomic mass is 19.1. The van der Waals surface area contributed by atoms with Crippen LogP contribution in [0.1, 0.15) is 17.7 Å². The third-order valence-corrected chi connectivity index (χ3v) is 4.55. The third kappa shape index (κ3) is 2.22. The molecule has 1 fully saturated rings. The SMILES string of the molecule is N#Cc1c(N2CCC(O)(c3ccc(F)cc3)C2)nc2ccccn12. The largest absolute Gasteiger partial charge is 0.383 e. The molecule has 120 valence electrons.